The number of rotatable bonds is 3. The summed E-state index contributed by atoms with van der Waals surface area (Å²) in [5, 5.41) is 23.7. The largest absolute Gasteiger partial charge is 0.395 e. The average molecular weight is 183 g/mol. The van der Waals surface area contributed by atoms with Crippen LogP contribution in [0.5, 0.6) is 0 Å². The third-order valence-electron chi connectivity index (χ3n) is 1.70. The van der Waals surface area contributed by atoms with Crippen molar-refractivity contribution in [3.63, 3.8) is 0 Å². The number of β-amino-alcohol motifs (C(OH)–C–C–N with tert-alkyl or cyclic N) is 1. The van der Waals surface area contributed by atoms with E-state index in [1.165, 1.54) is 0 Å². The zero-order chi connectivity index (χ0) is 7.40. The van der Waals surface area contributed by atoms with Crippen molar-refractivity contribution in [3.8, 4) is 0 Å². The molecule has 0 spiro atoms. The number of nitrogens with one attached hydrogen (secondary N) is 2. The fraction of sp³-hybridized carbons (Fsp3) is 1.00. The highest BCUT2D eigenvalue weighted by atomic mass is 35.5. The zero-order valence-corrected chi connectivity index (χ0v) is 7.10. The maximum absolute atomic E-state index is 9.21. The Morgan fingerprint density at radius 3 is 2.64 bits per heavy atom. The van der Waals surface area contributed by atoms with Gasteiger partial charge in [-0.15, -0.1) is 12.4 Å². The highest BCUT2D eigenvalue weighted by Crippen LogP contribution is 1.97. The van der Waals surface area contributed by atoms with Crippen molar-refractivity contribution < 1.29 is 10.2 Å². The summed E-state index contributed by atoms with van der Waals surface area (Å²) in [5.74, 6) is 0. The Morgan fingerprint density at radius 1 is 1.45 bits per heavy atom. The maximum Gasteiger partial charge on any atom is 0.0829 e. The molecule has 2 unspecified atom stereocenters. The lowest BCUT2D eigenvalue weighted by molar-refractivity contribution is 0.158. The van der Waals surface area contributed by atoms with E-state index < -0.39 is 0 Å². The minimum Gasteiger partial charge on any atom is -0.395 e. The number of hydrogen-bond donors (Lipinski definition) is 4. The second kappa shape index (κ2) is 5.74. The van der Waals surface area contributed by atoms with E-state index in [0.29, 0.717) is 13.1 Å². The monoisotopic (exact) mass is 182 g/mol. The standard InChI is InChI=1S/C6H14N2O2.ClH/c9-2-1-8-5-3-7-4-6(5)10;/h5-10H,1-4H2;1H. The van der Waals surface area contributed by atoms with Gasteiger partial charge in [0.25, 0.3) is 0 Å². The molecule has 1 heterocycles. The van der Waals surface area contributed by atoms with Gasteiger partial charge in [-0.3, -0.25) is 0 Å². The molecular formula is C6H15ClN2O2. The Labute approximate surface area is 72.4 Å². The van der Waals surface area contributed by atoms with Gasteiger partial charge < -0.3 is 20.8 Å². The summed E-state index contributed by atoms with van der Waals surface area (Å²) in [6.07, 6.45) is -0.299. The minimum absolute atomic E-state index is 0. The molecule has 2 atom stereocenters. The van der Waals surface area contributed by atoms with Crippen LogP contribution >= 0.6 is 12.4 Å². The molecule has 1 aliphatic heterocycles. The molecule has 1 aliphatic rings. The van der Waals surface area contributed by atoms with Gasteiger partial charge in [0.15, 0.2) is 0 Å². The fourth-order valence-electron chi connectivity index (χ4n) is 1.12. The third-order valence-corrected chi connectivity index (χ3v) is 1.70. The topological polar surface area (TPSA) is 64.5 Å². The summed E-state index contributed by atoms with van der Waals surface area (Å²) in [6.45, 7) is 2.14. The summed E-state index contributed by atoms with van der Waals surface area (Å²) in [7, 11) is 0. The molecule has 4 nitrogen and oxygen atoms in total. The molecule has 0 saturated carbocycles. The average Bonchev–Trinajstić information content (AvgIpc) is 2.31. The summed E-state index contributed by atoms with van der Waals surface area (Å²) in [5.41, 5.74) is 0. The molecule has 0 aromatic rings. The van der Waals surface area contributed by atoms with Gasteiger partial charge in [-0.25, -0.2) is 0 Å². The Kier molecular flexibility index (Phi) is 5.81. The summed E-state index contributed by atoms with van der Waals surface area (Å²) < 4.78 is 0. The van der Waals surface area contributed by atoms with Crippen LogP contribution < -0.4 is 10.6 Å². The van der Waals surface area contributed by atoms with E-state index in [1.54, 1.807) is 0 Å². The second-order valence-electron chi connectivity index (χ2n) is 2.51. The molecule has 1 fully saturated rings. The van der Waals surface area contributed by atoms with E-state index in [-0.39, 0.29) is 31.2 Å². The molecule has 4 N–H and O–H groups in total. The first-order chi connectivity index (χ1) is 4.84. The molecule has 0 radical (unpaired) electrons. The fourth-order valence-corrected chi connectivity index (χ4v) is 1.12. The van der Waals surface area contributed by atoms with E-state index in [4.69, 9.17) is 5.11 Å². The van der Waals surface area contributed by atoms with Crippen LogP contribution in [0.3, 0.4) is 0 Å². The quantitative estimate of drug-likeness (QED) is 0.421. The van der Waals surface area contributed by atoms with Gasteiger partial charge in [0.05, 0.1) is 12.7 Å². The Balaban J connectivity index is 0.000001000. The summed E-state index contributed by atoms with van der Waals surface area (Å²) in [6, 6.07) is 0.118. The Hall–Kier alpha value is 0.130. The van der Waals surface area contributed by atoms with Crippen molar-refractivity contribution in [2.75, 3.05) is 26.2 Å². The van der Waals surface area contributed by atoms with Gasteiger partial charge in [0.1, 0.15) is 0 Å². The lowest BCUT2D eigenvalue weighted by Gasteiger charge is -2.13. The number of aliphatic hydroxyl groups is 2. The normalized spacial score (nSPS) is 30.0. The van der Waals surface area contributed by atoms with Gasteiger partial charge in [0.2, 0.25) is 0 Å². The van der Waals surface area contributed by atoms with Crippen molar-refractivity contribution in [2.24, 2.45) is 0 Å². The summed E-state index contributed by atoms with van der Waals surface area (Å²) >= 11 is 0. The molecule has 11 heavy (non-hydrogen) atoms. The SMILES string of the molecule is Cl.OCCNC1CNCC1O. The predicted molar refractivity (Wildman–Crippen MR) is 45.0 cm³/mol. The number of aliphatic hydroxyl groups excluding tert-OH is 2. The van der Waals surface area contributed by atoms with Gasteiger partial charge in [0, 0.05) is 25.7 Å². The van der Waals surface area contributed by atoms with Gasteiger partial charge in [-0.2, -0.15) is 0 Å². The van der Waals surface area contributed by atoms with Gasteiger partial charge >= 0.3 is 0 Å². The van der Waals surface area contributed by atoms with Crippen molar-refractivity contribution >= 4 is 12.4 Å². The van der Waals surface area contributed by atoms with Crippen LogP contribution in [0.25, 0.3) is 0 Å². The molecule has 0 aromatic carbocycles. The number of halogens is 1. The molecule has 0 bridgehead atoms. The summed E-state index contributed by atoms with van der Waals surface area (Å²) in [4.78, 5) is 0. The molecular weight excluding hydrogens is 168 g/mol. The molecule has 0 aromatic heterocycles. The molecule has 0 aliphatic carbocycles. The van der Waals surface area contributed by atoms with Crippen LogP contribution in [0.4, 0.5) is 0 Å². The van der Waals surface area contributed by atoms with E-state index in [9.17, 15) is 5.11 Å². The second-order valence-corrected chi connectivity index (χ2v) is 2.51. The Morgan fingerprint density at radius 2 is 2.18 bits per heavy atom. The van der Waals surface area contributed by atoms with Crippen molar-refractivity contribution in [1.29, 1.82) is 0 Å². The van der Waals surface area contributed by atoms with E-state index in [2.05, 4.69) is 10.6 Å². The molecule has 68 valence electrons. The minimum atomic E-state index is -0.299. The number of hydrogen-bond acceptors (Lipinski definition) is 4. The lowest BCUT2D eigenvalue weighted by Crippen LogP contribution is -2.40. The third kappa shape index (κ3) is 3.35. The predicted octanol–water partition coefficient (Wildman–Crippen LogP) is -1.68. The van der Waals surface area contributed by atoms with Crippen LogP contribution in [-0.2, 0) is 0 Å². The van der Waals surface area contributed by atoms with Crippen molar-refractivity contribution in [2.45, 2.75) is 12.1 Å². The van der Waals surface area contributed by atoms with Crippen molar-refractivity contribution in [3.05, 3.63) is 0 Å². The van der Waals surface area contributed by atoms with Crippen LogP contribution in [0.1, 0.15) is 0 Å². The van der Waals surface area contributed by atoms with E-state index in [1.807, 2.05) is 0 Å². The first kappa shape index (κ1) is 11.1. The molecule has 5 heteroatoms. The first-order valence-corrected chi connectivity index (χ1v) is 3.57. The highest BCUT2D eigenvalue weighted by Gasteiger charge is 2.23. The van der Waals surface area contributed by atoms with Crippen LogP contribution in [0, 0.1) is 0 Å². The maximum atomic E-state index is 9.21. The lowest BCUT2D eigenvalue weighted by atomic mass is 10.2. The van der Waals surface area contributed by atoms with Crippen LogP contribution in [0.2, 0.25) is 0 Å². The smallest absolute Gasteiger partial charge is 0.0829 e. The van der Waals surface area contributed by atoms with Crippen LogP contribution in [0.15, 0.2) is 0 Å². The van der Waals surface area contributed by atoms with E-state index >= 15 is 0 Å². The zero-order valence-electron chi connectivity index (χ0n) is 6.29. The van der Waals surface area contributed by atoms with E-state index in [0.717, 1.165) is 6.54 Å². The Bertz CT molecular complexity index is 105. The van der Waals surface area contributed by atoms with Crippen LogP contribution in [-0.4, -0.2) is 48.6 Å². The van der Waals surface area contributed by atoms with Gasteiger partial charge in [-0.1, -0.05) is 0 Å². The molecule has 0 amide bonds. The molecule has 1 saturated heterocycles. The molecule has 1 rings (SSSR count). The first-order valence-electron chi connectivity index (χ1n) is 3.57. The highest BCUT2D eigenvalue weighted by molar-refractivity contribution is 5.85. The van der Waals surface area contributed by atoms with Crippen molar-refractivity contribution in [1.82, 2.24) is 10.6 Å². The van der Waals surface area contributed by atoms with Gasteiger partial charge in [-0.05, 0) is 0 Å².